The molecule has 2 atom stereocenters. The monoisotopic (exact) mass is 283 g/mol. The summed E-state index contributed by atoms with van der Waals surface area (Å²) in [4.78, 5) is 25.7. The lowest BCUT2D eigenvalue weighted by molar-refractivity contribution is -0.159. The van der Waals surface area contributed by atoms with Gasteiger partial charge < -0.3 is 10.0 Å². The number of carboxylic acids is 1. The van der Waals surface area contributed by atoms with Gasteiger partial charge in [-0.15, -0.1) is 0 Å². The predicted molar refractivity (Wildman–Crippen MR) is 79.4 cm³/mol. The molecule has 1 aliphatic rings. The Morgan fingerprint density at radius 3 is 2.35 bits per heavy atom. The van der Waals surface area contributed by atoms with Gasteiger partial charge in [0, 0.05) is 13.0 Å². The van der Waals surface area contributed by atoms with E-state index < -0.39 is 12.0 Å². The molecule has 4 nitrogen and oxygen atoms in total. The second kappa shape index (κ2) is 5.74. The molecule has 116 valence electrons. The number of amides is 1. The van der Waals surface area contributed by atoms with Gasteiger partial charge in [0.25, 0.3) is 0 Å². The maximum Gasteiger partial charge on any atom is 0.326 e. The summed E-state index contributed by atoms with van der Waals surface area (Å²) in [5, 5.41) is 9.49. The van der Waals surface area contributed by atoms with E-state index in [0.717, 1.165) is 12.8 Å². The fraction of sp³-hybridized carbons (Fsp3) is 0.875. The molecule has 0 spiro atoms. The molecule has 0 saturated carbocycles. The number of piperidine rings is 1. The third-order valence-electron chi connectivity index (χ3n) is 4.79. The SMILES string of the molecule is CC(CC(=O)N1CCCC(C)(C)C1C(=O)O)C(C)(C)C. The molecule has 1 N–H and O–H groups in total. The minimum Gasteiger partial charge on any atom is -0.480 e. The summed E-state index contributed by atoms with van der Waals surface area (Å²) in [6, 6.07) is -0.698. The van der Waals surface area contributed by atoms with Gasteiger partial charge in [-0.2, -0.15) is 0 Å². The molecule has 20 heavy (non-hydrogen) atoms. The van der Waals surface area contributed by atoms with Gasteiger partial charge in [-0.05, 0) is 29.6 Å². The van der Waals surface area contributed by atoms with Gasteiger partial charge in [-0.25, -0.2) is 4.79 Å². The molecule has 0 radical (unpaired) electrons. The van der Waals surface area contributed by atoms with E-state index in [4.69, 9.17) is 0 Å². The number of hydrogen-bond acceptors (Lipinski definition) is 2. The molecule has 0 aliphatic carbocycles. The normalized spacial score (nSPS) is 24.3. The summed E-state index contributed by atoms with van der Waals surface area (Å²) >= 11 is 0. The van der Waals surface area contributed by atoms with Gasteiger partial charge in [-0.3, -0.25) is 4.79 Å². The number of aliphatic carboxylic acids is 1. The molecule has 4 heteroatoms. The lowest BCUT2D eigenvalue weighted by Crippen LogP contribution is -2.56. The maximum absolute atomic E-state index is 12.5. The average molecular weight is 283 g/mol. The van der Waals surface area contributed by atoms with Crippen LogP contribution in [0.25, 0.3) is 0 Å². The van der Waals surface area contributed by atoms with Crippen molar-refractivity contribution in [2.45, 2.75) is 66.8 Å². The maximum atomic E-state index is 12.5. The quantitative estimate of drug-likeness (QED) is 0.865. The largest absolute Gasteiger partial charge is 0.480 e. The van der Waals surface area contributed by atoms with E-state index in [1.807, 2.05) is 13.8 Å². The second-order valence-corrected chi connectivity index (χ2v) is 7.89. The van der Waals surface area contributed by atoms with E-state index in [9.17, 15) is 14.7 Å². The first kappa shape index (κ1) is 17.0. The van der Waals surface area contributed by atoms with Crippen LogP contribution in [0.2, 0.25) is 0 Å². The minimum absolute atomic E-state index is 0.0207. The van der Waals surface area contributed by atoms with Gasteiger partial charge in [-0.1, -0.05) is 41.5 Å². The van der Waals surface area contributed by atoms with Crippen LogP contribution in [-0.2, 0) is 9.59 Å². The number of carboxylic acid groups (broad SMARTS) is 1. The molecular weight excluding hydrogens is 254 g/mol. The van der Waals surface area contributed by atoms with E-state index in [1.165, 1.54) is 0 Å². The van der Waals surface area contributed by atoms with Crippen LogP contribution in [0.1, 0.15) is 60.8 Å². The van der Waals surface area contributed by atoms with Gasteiger partial charge in [0.1, 0.15) is 6.04 Å². The molecule has 0 bridgehead atoms. The van der Waals surface area contributed by atoms with Crippen LogP contribution in [0.15, 0.2) is 0 Å². The van der Waals surface area contributed by atoms with Crippen molar-refractivity contribution in [3.63, 3.8) is 0 Å². The smallest absolute Gasteiger partial charge is 0.326 e. The highest BCUT2D eigenvalue weighted by Crippen LogP contribution is 2.37. The summed E-state index contributed by atoms with van der Waals surface area (Å²) in [5.74, 6) is -0.673. The molecular formula is C16H29NO3. The highest BCUT2D eigenvalue weighted by Gasteiger charge is 2.44. The van der Waals surface area contributed by atoms with E-state index in [1.54, 1.807) is 4.90 Å². The molecule has 2 unspecified atom stereocenters. The zero-order valence-electron chi connectivity index (χ0n) is 13.7. The third-order valence-corrected chi connectivity index (χ3v) is 4.79. The molecule has 1 saturated heterocycles. The number of carbonyl (C=O) groups excluding carboxylic acids is 1. The Hall–Kier alpha value is -1.06. The Morgan fingerprint density at radius 1 is 1.35 bits per heavy atom. The summed E-state index contributed by atoms with van der Waals surface area (Å²) < 4.78 is 0. The van der Waals surface area contributed by atoms with Crippen LogP contribution in [0, 0.1) is 16.7 Å². The highest BCUT2D eigenvalue weighted by atomic mass is 16.4. The average Bonchev–Trinajstić information content (AvgIpc) is 2.25. The first-order valence-electron chi connectivity index (χ1n) is 7.49. The van der Waals surface area contributed by atoms with Crippen molar-refractivity contribution in [3.8, 4) is 0 Å². The van der Waals surface area contributed by atoms with Crippen LogP contribution >= 0.6 is 0 Å². The first-order chi connectivity index (χ1) is 8.97. The number of hydrogen-bond donors (Lipinski definition) is 1. The van der Waals surface area contributed by atoms with E-state index >= 15 is 0 Å². The van der Waals surface area contributed by atoms with Crippen LogP contribution in [-0.4, -0.2) is 34.5 Å². The zero-order valence-corrected chi connectivity index (χ0v) is 13.7. The predicted octanol–water partition coefficient (Wildman–Crippen LogP) is 3.16. The van der Waals surface area contributed by atoms with Gasteiger partial charge in [0.05, 0.1) is 0 Å². The summed E-state index contributed by atoms with van der Waals surface area (Å²) in [7, 11) is 0. The first-order valence-corrected chi connectivity index (χ1v) is 7.49. The fourth-order valence-corrected chi connectivity index (χ4v) is 2.81. The topological polar surface area (TPSA) is 57.6 Å². The second-order valence-electron chi connectivity index (χ2n) is 7.89. The Morgan fingerprint density at radius 2 is 1.90 bits per heavy atom. The minimum atomic E-state index is -0.883. The van der Waals surface area contributed by atoms with E-state index in [-0.39, 0.29) is 22.7 Å². The van der Waals surface area contributed by atoms with Crippen molar-refractivity contribution in [1.82, 2.24) is 4.90 Å². The van der Waals surface area contributed by atoms with Crippen LogP contribution in [0.3, 0.4) is 0 Å². The highest BCUT2D eigenvalue weighted by molar-refractivity contribution is 5.84. The molecule has 0 aromatic heterocycles. The molecule has 0 aromatic rings. The standard InChI is InChI=1S/C16H29NO3/c1-11(15(2,3)4)10-12(18)17-9-7-8-16(5,6)13(17)14(19)20/h11,13H,7-10H2,1-6H3,(H,19,20). The Labute approximate surface area is 122 Å². The van der Waals surface area contributed by atoms with Crippen LogP contribution in [0.5, 0.6) is 0 Å². The van der Waals surface area contributed by atoms with E-state index in [2.05, 4.69) is 27.7 Å². The van der Waals surface area contributed by atoms with Crippen molar-refractivity contribution < 1.29 is 14.7 Å². The third kappa shape index (κ3) is 3.74. The lowest BCUT2D eigenvalue weighted by Gasteiger charge is -2.44. The van der Waals surface area contributed by atoms with Crippen molar-refractivity contribution in [2.24, 2.45) is 16.7 Å². The summed E-state index contributed by atoms with van der Waals surface area (Å²) in [6.07, 6.45) is 2.15. The van der Waals surface area contributed by atoms with Crippen molar-refractivity contribution in [2.75, 3.05) is 6.54 Å². The molecule has 1 fully saturated rings. The summed E-state index contributed by atoms with van der Waals surface area (Å²) in [6.45, 7) is 12.8. The fourth-order valence-electron chi connectivity index (χ4n) is 2.81. The lowest BCUT2D eigenvalue weighted by atomic mass is 9.75. The van der Waals surface area contributed by atoms with E-state index in [0.29, 0.717) is 13.0 Å². The number of nitrogens with zero attached hydrogens (tertiary/aromatic N) is 1. The van der Waals surface area contributed by atoms with Crippen molar-refractivity contribution >= 4 is 11.9 Å². The van der Waals surface area contributed by atoms with Crippen molar-refractivity contribution in [3.05, 3.63) is 0 Å². The van der Waals surface area contributed by atoms with Crippen LogP contribution in [0.4, 0.5) is 0 Å². The van der Waals surface area contributed by atoms with Gasteiger partial charge in [0.15, 0.2) is 0 Å². The Balaban J connectivity index is 2.87. The molecule has 0 aromatic carbocycles. The Bertz CT molecular complexity index is 382. The molecule has 1 heterocycles. The number of likely N-dealkylation sites (tertiary alicyclic amines) is 1. The number of carbonyl (C=O) groups is 2. The van der Waals surface area contributed by atoms with Crippen LogP contribution < -0.4 is 0 Å². The molecule has 1 aliphatic heterocycles. The molecule has 1 rings (SSSR count). The summed E-state index contributed by atoms with van der Waals surface area (Å²) in [5.41, 5.74) is -0.301. The zero-order chi connectivity index (χ0) is 15.7. The molecule has 1 amide bonds. The van der Waals surface area contributed by atoms with Gasteiger partial charge >= 0.3 is 5.97 Å². The van der Waals surface area contributed by atoms with Gasteiger partial charge in [0.2, 0.25) is 5.91 Å². The number of rotatable bonds is 3. The van der Waals surface area contributed by atoms with Crippen molar-refractivity contribution in [1.29, 1.82) is 0 Å². The Kier molecular flexibility index (Phi) is 4.88.